The zero-order valence-electron chi connectivity index (χ0n) is 21.4. The van der Waals surface area contributed by atoms with E-state index in [2.05, 4.69) is 0 Å². The van der Waals surface area contributed by atoms with Gasteiger partial charge in [0, 0.05) is 31.8 Å². The molecule has 14 heteroatoms. The highest BCUT2D eigenvalue weighted by molar-refractivity contribution is 7.91. The Labute approximate surface area is 222 Å². The van der Waals surface area contributed by atoms with E-state index in [9.17, 15) is 44.3 Å². The Hall–Kier alpha value is -2.35. The number of ether oxygens (including phenoxy) is 1. The van der Waals surface area contributed by atoms with Gasteiger partial charge in [0.05, 0.1) is 15.9 Å². The van der Waals surface area contributed by atoms with Gasteiger partial charge in [-0.25, -0.2) is 8.42 Å². The first-order chi connectivity index (χ1) is 18.0. The minimum atomic E-state index is -5.12. The van der Waals surface area contributed by atoms with E-state index in [1.165, 1.54) is 0 Å². The molecule has 1 aromatic rings. The predicted molar refractivity (Wildman–Crippen MR) is 126 cm³/mol. The standard InChI is InChI=1S/C25H30F6N2O5S/c1-15(2)23(8-5-19(12-23)33(22(35)25(29,30)31)18-6-9-38-10-7-18)21(34)32-13-16-11-17(24(26,27)28)3-4-20(16)39(36,37)14-32/h3-4,11,15,18-19H,5-10,12-14H2,1-2H3/t19-,23+/m1/s1. The summed E-state index contributed by atoms with van der Waals surface area (Å²) in [5, 5.41) is 0. The first kappa shape index (κ1) is 29.6. The molecule has 7 nitrogen and oxygen atoms in total. The Morgan fingerprint density at radius 2 is 1.69 bits per heavy atom. The Balaban J connectivity index is 1.65. The molecule has 0 unspecified atom stereocenters. The number of hydrogen-bond acceptors (Lipinski definition) is 5. The van der Waals surface area contributed by atoms with Gasteiger partial charge in [-0.1, -0.05) is 13.8 Å². The van der Waals surface area contributed by atoms with E-state index >= 15 is 0 Å². The molecule has 1 aliphatic carbocycles. The zero-order chi connectivity index (χ0) is 29.0. The van der Waals surface area contributed by atoms with Gasteiger partial charge in [-0.3, -0.25) is 9.59 Å². The smallest absolute Gasteiger partial charge is 0.381 e. The number of halogens is 6. The fourth-order valence-electron chi connectivity index (χ4n) is 6.15. The predicted octanol–water partition coefficient (Wildman–Crippen LogP) is 4.54. The van der Waals surface area contributed by atoms with Crippen LogP contribution in [-0.4, -0.2) is 67.4 Å². The van der Waals surface area contributed by atoms with Gasteiger partial charge in [0.1, 0.15) is 5.88 Å². The average molecular weight is 585 g/mol. The Morgan fingerprint density at radius 3 is 2.26 bits per heavy atom. The minimum absolute atomic E-state index is 0.0957. The molecule has 2 aliphatic heterocycles. The highest BCUT2D eigenvalue weighted by Crippen LogP contribution is 2.49. The molecule has 2 atom stereocenters. The summed E-state index contributed by atoms with van der Waals surface area (Å²) < 4.78 is 112. The van der Waals surface area contributed by atoms with Crippen molar-refractivity contribution in [3.63, 3.8) is 0 Å². The summed E-state index contributed by atoms with van der Waals surface area (Å²) in [6.45, 7) is 3.38. The summed E-state index contributed by atoms with van der Waals surface area (Å²) in [5.74, 6) is -3.84. The highest BCUT2D eigenvalue weighted by Gasteiger charge is 2.55. The lowest BCUT2D eigenvalue weighted by Gasteiger charge is -2.42. The number of benzene rings is 1. The monoisotopic (exact) mass is 584 g/mol. The molecule has 0 spiro atoms. The van der Waals surface area contributed by atoms with Crippen LogP contribution in [0.3, 0.4) is 0 Å². The van der Waals surface area contributed by atoms with E-state index in [0.717, 1.165) is 15.9 Å². The second kappa shape index (κ2) is 10.2. The molecule has 218 valence electrons. The zero-order valence-corrected chi connectivity index (χ0v) is 22.3. The summed E-state index contributed by atoms with van der Waals surface area (Å²) in [4.78, 5) is 28.0. The first-order valence-electron chi connectivity index (χ1n) is 12.7. The molecule has 1 saturated carbocycles. The van der Waals surface area contributed by atoms with Crippen LogP contribution in [0.1, 0.15) is 57.1 Å². The van der Waals surface area contributed by atoms with Crippen molar-refractivity contribution in [1.82, 2.24) is 9.80 Å². The van der Waals surface area contributed by atoms with Gasteiger partial charge in [-0.05, 0) is 61.8 Å². The van der Waals surface area contributed by atoms with Crippen molar-refractivity contribution >= 4 is 21.7 Å². The van der Waals surface area contributed by atoms with E-state index in [-0.39, 0.29) is 62.3 Å². The SMILES string of the molecule is CC(C)[C@]1(C(=O)N2Cc3cc(C(F)(F)F)ccc3S(=O)(=O)C2)CC[C@@H](N(C(=O)C(F)(F)F)C2CCOCC2)C1. The van der Waals surface area contributed by atoms with E-state index in [1.807, 2.05) is 0 Å². The molecule has 0 bridgehead atoms. The van der Waals surface area contributed by atoms with Gasteiger partial charge in [0.15, 0.2) is 9.84 Å². The van der Waals surface area contributed by atoms with Crippen LogP contribution in [0.4, 0.5) is 26.3 Å². The number of hydrogen-bond donors (Lipinski definition) is 0. The number of nitrogens with zero attached hydrogens (tertiary/aromatic N) is 2. The van der Waals surface area contributed by atoms with Gasteiger partial charge in [-0.2, -0.15) is 26.3 Å². The molecular formula is C25H30F6N2O5S. The van der Waals surface area contributed by atoms with Gasteiger partial charge in [-0.15, -0.1) is 0 Å². The molecule has 0 aromatic heterocycles. The van der Waals surface area contributed by atoms with Crippen molar-refractivity contribution in [2.45, 2.75) is 81.8 Å². The molecule has 0 radical (unpaired) electrons. The Kier molecular flexibility index (Phi) is 7.78. The third-order valence-electron chi connectivity index (χ3n) is 8.21. The normalized spacial score (nSPS) is 26.0. The quantitative estimate of drug-likeness (QED) is 0.486. The molecule has 3 aliphatic rings. The molecule has 39 heavy (non-hydrogen) atoms. The third kappa shape index (κ3) is 5.63. The number of sulfone groups is 1. The van der Waals surface area contributed by atoms with E-state index < -0.39 is 68.9 Å². The summed E-state index contributed by atoms with van der Waals surface area (Å²) in [5.41, 5.74) is -2.52. The molecule has 0 N–H and O–H groups in total. The molecule has 2 heterocycles. The molecule has 2 amide bonds. The second-order valence-electron chi connectivity index (χ2n) is 10.8. The van der Waals surface area contributed by atoms with E-state index in [4.69, 9.17) is 4.74 Å². The van der Waals surface area contributed by atoms with Crippen LogP contribution in [0.25, 0.3) is 0 Å². The number of carbonyl (C=O) groups excluding carboxylic acids is 2. The highest BCUT2D eigenvalue weighted by atomic mass is 32.2. The van der Waals surface area contributed by atoms with Crippen LogP contribution in [0.15, 0.2) is 23.1 Å². The number of carbonyl (C=O) groups is 2. The van der Waals surface area contributed by atoms with Gasteiger partial charge in [0.2, 0.25) is 5.91 Å². The maximum atomic E-state index is 13.9. The van der Waals surface area contributed by atoms with Crippen molar-refractivity contribution in [1.29, 1.82) is 0 Å². The summed E-state index contributed by atoms with van der Waals surface area (Å²) in [6.07, 6.45) is -9.33. The van der Waals surface area contributed by atoms with Crippen molar-refractivity contribution in [3.05, 3.63) is 29.3 Å². The van der Waals surface area contributed by atoms with E-state index in [1.54, 1.807) is 13.8 Å². The van der Waals surface area contributed by atoms with Crippen molar-refractivity contribution in [2.75, 3.05) is 19.1 Å². The summed E-state index contributed by atoms with van der Waals surface area (Å²) in [6, 6.07) is 0.625. The topological polar surface area (TPSA) is 84.0 Å². The maximum Gasteiger partial charge on any atom is 0.471 e. The minimum Gasteiger partial charge on any atom is -0.381 e. The van der Waals surface area contributed by atoms with Crippen LogP contribution in [-0.2, 0) is 36.9 Å². The van der Waals surface area contributed by atoms with Crippen molar-refractivity contribution < 1.29 is 49.1 Å². The van der Waals surface area contributed by atoms with Crippen molar-refractivity contribution in [3.8, 4) is 0 Å². The molecule has 2 fully saturated rings. The molecule has 4 rings (SSSR count). The van der Waals surface area contributed by atoms with Crippen LogP contribution >= 0.6 is 0 Å². The lowest BCUT2D eigenvalue weighted by atomic mass is 9.74. The fourth-order valence-corrected chi connectivity index (χ4v) is 7.70. The van der Waals surface area contributed by atoms with E-state index in [0.29, 0.717) is 12.1 Å². The maximum absolute atomic E-state index is 13.9. The number of rotatable bonds is 4. The van der Waals surface area contributed by atoms with Gasteiger partial charge in [0.25, 0.3) is 0 Å². The van der Waals surface area contributed by atoms with Gasteiger partial charge < -0.3 is 14.5 Å². The molecule has 1 aromatic carbocycles. The lowest BCUT2D eigenvalue weighted by molar-refractivity contribution is -0.192. The van der Waals surface area contributed by atoms with Crippen LogP contribution in [0, 0.1) is 11.3 Å². The lowest BCUT2D eigenvalue weighted by Crippen LogP contribution is -2.54. The average Bonchev–Trinajstić information content (AvgIpc) is 3.29. The number of fused-ring (bicyclic) bond motifs is 1. The number of alkyl halides is 6. The molecule has 1 saturated heterocycles. The van der Waals surface area contributed by atoms with Crippen LogP contribution in [0.2, 0.25) is 0 Å². The Morgan fingerprint density at radius 1 is 1.05 bits per heavy atom. The third-order valence-corrected chi connectivity index (χ3v) is 9.93. The summed E-state index contributed by atoms with van der Waals surface area (Å²) >= 11 is 0. The number of amides is 2. The van der Waals surface area contributed by atoms with Crippen molar-refractivity contribution in [2.24, 2.45) is 11.3 Å². The summed E-state index contributed by atoms with van der Waals surface area (Å²) in [7, 11) is -4.15. The largest absolute Gasteiger partial charge is 0.471 e. The van der Waals surface area contributed by atoms with Gasteiger partial charge >= 0.3 is 18.3 Å². The molecular weight excluding hydrogens is 554 g/mol. The second-order valence-corrected chi connectivity index (χ2v) is 12.8. The van der Waals surface area contributed by atoms with Crippen LogP contribution in [0.5, 0.6) is 0 Å². The first-order valence-corrected chi connectivity index (χ1v) is 14.3. The van der Waals surface area contributed by atoms with Crippen LogP contribution < -0.4 is 0 Å². The fraction of sp³-hybridized carbons (Fsp3) is 0.680. The Bertz CT molecular complexity index is 1230.